The first-order valence-electron chi connectivity index (χ1n) is 6.01. The molecule has 2 N–H and O–H groups in total. The Morgan fingerprint density at radius 2 is 1.88 bits per heavy atom. The molecule has 4 nitrogen and oxygen atoms in total. The summed E-state index contributed by atoms with van der Waals surface area (Å²) in [6.07, 6.45) is 6.74. The number of nitrogens with zero attached hydrogens (tertiary/aromatic N) is 2. The van der Waals surface area contributed by atoms with Crippen molar-refractivity contribution in [2.24, 2.45) is 0 Å². The first kappa shape index (κ1) is 11.3. The molecule has 4 heteroatoms. The Morgan fingerprint density at radius 1 is 1.19 bits per heavy atom. The molecule has 16 heavy (non-hydrogen) atoms. The predicted octanol–water partition coefficient (Wildman–Crippen LogP) is 1.73. The molecule has 0 bridgehead atoms. The lowest BCUT2D eigenvalue weighted by molar-refractivity contribution is 0.371. The number of hydrogen-bond acceptors (Lipinski definition) is 4. The highest BCUT2D eigenvalue weighted by Gasteiger charge is 2.19. The number of aryl methyl sites for hydroxylation is 1. The Balaban J connectivity index is 1.87. The van der Waals surface area contributed by atoms with Crippen molar-refractivity contribution < 1.29 is 0 Å². The Morgan fingerprint density at radius 3 is 2.50 bits per heavy atom. The molecule has 1 heterocycles. The zero-order chi connectivity index (χ0) is 11.4. The van der Waals surface area contributed by atoms with Gasteiger partial charge in [-0.3, -0.25) is 0 Å². The molecule has 0 unspecified atom stereocenters. The molecule has 1 aliphatic carbocycles. The number of aromatic nitrogens is 2. The number of nitrogens with one attached hydrogen (secondary N) is 2. The predicted molar refractivity (Wildman–Crippen MR) is 65.5 cm³/mol. The molecule has 1 aliphatic rings. The second kappa shape index (κ2) is 5.25. The molecular formula is C12H20N4. The first-order chi connectivity index (χ1) is 7.78. The summed E-state index contributed by atoms with van der Waals surface area (Å²) in [6.45, 7) is 1.92. The van der Waals surface area contributed by atoms with E-state index < -0.39 is 0 Å². The molecule has 0 saturated heterocycles. The molecule has 1 aromatic heterocycles. The minimum atomic E-state index is 0.568. The lowest BCUT2D eigenvalue weighted by atomic mass is 9.91. The van der Waals surface area contributed by atoms with E-state index in [0.29, 0.717) is 12.1 Å². The van der Waals surface area contributed by atoms with Crippen LogP contribution in [0.1, 0.15) is 31.5 Å². The topological polar surface area (TPSA) is 49.8 Å². The zero-order valence-corrected chi connectivity index (χ0v) is 10.0. The second-order valence-corrected chi connectivity index (χ2v) is 4.47. The van der Waals surface area contributed by atoms with E-state index in [9.17, 15) is 0 Å². The van der Waals surface area contributed by atoms with E-state index in [1.807, 2.05) is 26.2 Å². The van der Waals surface area contributed by atoms with E-state index in [1.165, 1.54) is 25.7 Å². The molecule has 0 aromatic carbocycles. The molecule has 2 rings (SSSR count). The normalized spacial score (nSPS) is 25.4. The highest BCUT2D eigenvalue weighted by Crippen LogP contribution is 2.21. The third-order valence-corrected chi connectivity index (χ3v) is 3.26. The molecule has 0 aliphatic heterocycles. The quantitative estimate of drug-likeness (QED) is 0.814. The molecular weight excluding hydrogens is 200 g/mol. The average Bonchev–Trinajstić information content (AvgIpc) is 2.30. The van der Waals surface area contributed by atoms with Gasteiger partial charge in [-0.25, -0.2) is 9.97 Å². The summed E-state index contributed by atoms with van der Waals surface area (Å²) in [6, 6.07) is 3.21. The maximum absolute atomic E-state index is 4.37. The highest BCUT2D eigenvalue weighted by molar-refractivity contribution is 5.34. The van der Waals surface area contributed by atoms with Crippen LogP contribution in [0.25, 0.3) is 0 Å². The van der Waals surface area contributed by atoms with E-state index in [4.69, 9.17) is 0 Å². The fraction of sp³-hybridized carbons (Fsp3) is 0.667. The maximum atomic E-state index is 4.37. The van der Waals surface area contributed by atoms with Gasteiger partial charge in [-0.15, -0.1) is 0 Å². The van der Waals surface area contributed by atoms with Gasteiger partial charge < -0.3 is 10.6 Å². The average molecular weight is 220 g/mol. The van der Waals surface area contributed by atoms with Gasteiger partial charge in [0.2, 0.25) is 0 Å². The monoisotopic (exact) mass is 220 g/mol. The molecule has 1 saturated carbocycles. The number of anilines is 1. The Labute approximate surface area is 96.9 Å². The minimum absolute atomic E-state index is 0.568. The zero-order valence-electron chi connectivity index (χ0n) is 10.0. The van der Waals surface area contributed by atoms with Crippen LogP contribution in [0.5, 0.6) is 0 Å². The van der Waals surface area contributed by atoms with E-state index in [1.54, 1.807) is 0 Å². The van der Waals surface area contributed by atoms with Crippen LogP contribution in [0.15, 0.2) is 12.3 Å². The van der Waals surface area contributed by atoms with E-state index in [-0.39, 0.29) is 0 Å². The third-order valence-electron chi connectivity index (χ3n) is 3.26. The largest absolute Gasteiger partial charge is 0.367 e. The first-order valence-corrected chi connectivity index (χ1v) is 6.01. The maximum Gasteiger partial charge on any atom is 0.129 e. The summed E-state index contributed by atoms with van der Waals surface area (Å²) in [7, 11) is 2.05. The van der Waals surface area contributed by atoms with Gasteiger partial charge in [0, 0.05) is 18.3 Å². The van der Waals surface area contributed by atoms with Gasteiger partial charge in [0.25, 0.3) is 0 Å². The van der Waals surface area contributed by atoms with E-state index >= 15 is 0 Å². The van der Waals surface area contributed by atoms with Crippen LogP contribution in [-0.4, -0.2) is 29.1 Å². The van der Waals surface area contributed by atoms with Crippen LogP contribution in [0.4, 0.5) is 5.82 Å². The van der Waals surface area contributed by atoms with Crippen LogP contribution >= 0.6 is 0 Å². The van der Waals surface area contributed by atoms with Gasteiger partial charge in [-0.1, -0.05) is 0 Å². The van der Waals surface area contributed by atoms with Crippen molar-refractivity contribution in [3.05, 3.63) is 18.1 Å². The summed E-state index contributed by atoms with van der Waals surface area (Å²) < 4.78 is 0. The van der Waals surface area contributed by atoms with Gasteiger partial charge in [0.15, 0.2) is 0 Å². The molecule has 0 atom stereocenters. The summed E-state index contributed by atoms with van der Waals surface area (Å²) in [5.41, 5.74) is 0. The van der Waals surface area contributed by atoms with Crippen molar-refractivity contribution in [1.82, 2.24) is 15.3 Å². The third kappa shape index (κ3) is 2.92. The van der Waals surface area contributed by atoms with Crippen molar-refractivity contribution in [3.63, 3.8) is 0 Å². The van der Waals surface area contributed by atoms with E-state index in [0.717, 1.165) is 11.6 Å². The summed E-state index contributed by atoms with van der Waals surface area (Å²) >= 11 is 0. The number of rotatable bonds is 3. The Bertz CT molecular complexity index is 332. The standard InChI is InChI=1S/C12H20N4/c1-9-14-8-7-12(15-9)16-11-5-3-10(13-2)4-6-11/h7-8,10-11,13H,3-6H2,1-2H3,(H,14,15,16). The van der Waals surface area contributed by atoms with Crippen LogP contribution in [0, 0.1) is 6.92 Å². The van der Waals surface area contributed by atoms with Gasteiger partial charge in [-0.05, 0) is 45.7 Å². The van der Waals surface area contributed by atoms with Gasteiger partial charge in [-0.2, -0.15) is 0 Å². The van der Waals surface area contributed by atoms with Crippen LogP contribution in [0.3, 0.4) is 0 Å². The van der Waals surface area contributed by atoms with Gasteiger partial charge >= 0.3 is 0 Å². The van der Waals surface area contributed by atoms with Gasteiger partial charge in [0.05, 0.1) is 0 Å². The Kier molecular flexibility index (Phi) is 3.72. The molecule has 1 fully saturated rings. The van der Waals surface area contributed by atoms with Crippen molar-refractivity contribution in [2.75, 3.05) is 12.4 Å². The molecule has 0 spiro atoms. The van der Waals surface area contributed by atoms with Crippen molar-refractivity contribution in [2.45, 2.75) is 44.7 Å². The lowest BCUT2D eigenvalue weighted by Crippen LogP contribution is -2.35. The highest BCUT2D eigenvalue weighted by atomic mass is 15.0. The van der Waals surface area contributed by atoms with Gasteiger partial charge in [0.1, 0.15) is 11.6 Å². The van der Waals surface area contributed by atoms with Crippen molar-refractivity contribution >= 4 is 5.82 Å². The van der Waals surface area contributed by atoms with E-state index in [2.05, 4.69) is 20.6 Å². The van der Waals surface area contributed by atoms with Crippen LogP contribution in [-0.2, 0) is 0 Å². The van der Waals surface area contributed by atoms with Crippen LogP contribution in [0.2, 0.25) is 0 Å². The molecule has 0 radical (unpaired) electrons. The molecule has 0 amide bonds. The fourth-order valence-corrected chi connectivity index (χ4v) is 2.27. The van der Waals surface area contributed by atoms with Crippen molar-refractivity contribution in [3.8, 4) is 0 Å². The minimum Gasteiger partial charge on any atom is -0.367 e. The number of hydrogen-bond donors (Lipinski definition) is 2. The fourth-order valence-electron chi connectivity index (χ4n) is 2.27. The SMILES string of the molecule is CNC1CCC(Nc2ccnc(C)n2)CC1. The molecule has 88 valence electrons. The second-order valence-electron chi connectivity index (χ2n) is 4.47. The molecule has 1 aromatic rings. The lowest BCUT2D eigenvalue weighted by Gasteiger charge is -2.29. The summed E-state index contributed by atoms with van der Waals surface area (Å²) in [4.78, 5) is 8.47. The summed E-state index contributed by atoms with van der Waals surface area (Å²) in [5, 5.41) is 6.83. The summed E-state index contributed by atoms with van der Waals surface area (Å²) in [5.74, 6) is 1.79. The smallest absolute Gasteiger partial charge is 0.129 e. The van der Waals surface area contributed by atoms with Crippen LogP contribution < -0.4 is 10.6 Å². The Hall–Kier alpha value is -1.16. The van der Waals surface area contributed by atoms with Crippen molar-refractivity contribution in [1.29, 1.82) is 0 Å².